The second-order valence-electron chi connectivity index (χ2n) is 7.10. The van der Waals surface area contributed by atoms with Gasteiger partial charge in [-0.2, -0.15) is 0 Å². The van der Waals surface area contributed by atoms with E-state index in [4.69, 9.17) is 0 Å². The molecular formula is C19H31N3O2S. The van der Waals surface area contributed by atoms with Crippen molar-refractivity contribution in [2.24, 2.45) is 16.8 Å². The average Bonchev–Trinajstić information content (AvgIpc) is 3.02. The van der Waals surface area contributed by atoms with Crippen LogP contribution in [0.15, 0.2) is 40.2 Å². The van der Waals surface area contributed by atoms with Crippen LogP contribution in [0, 0.1) is 11.8 Å². The first-order valence-corrected chi connectivity index (χ1v) is 10.9. The Balaban J connectivity index is 1.96. The van der Waals surface area contributed by atoms with Gasteiger partial charge >= 0.3 is 0 Å². The van der Waals surface area contributed by atoms with Crippen molar-refractivity contribution in [3.8, 4) is 0 Å². The standard InChI is InChI=1S/C19H31N3O2S/c1-4-20-19(22-12-10-17(15-22)14-16(2)3)21-11-13-25(23,24)18-8-6-5-7-9-18/h5-9,16-17H,4,10-15H2,1-3H3,(H,20,21). The topological polar surface area (TPSA) is 61.8 Å². The number of guanidine groups is 1. The van der Waals surface area contributed by atoms with Gasteiger partial charge in [-0.3, -0.25) is 4.99 Å². The number of rotatable bonds is 7. The smallest absolute Gasteiger partial charge is 0.193 e. The van der Waals surface area contributed by atoms with Crippen molar-refractivity contribution in [3.63, 3.8) is 0 Å². The first-order valence-electron chi connectivity index (χ1n) is 9.23. The van der Waals surface area contributed by atoms with E-state index in [0.717, 1.165) is 25.6 Å². The number of nitrogens with zero attached hydrogens (tertiary/aromatic N) is 2. The summed E-state index contributed by atoms with van der Waals surface area (Å²) in [5.74, 6) is 2.30. The molecule has 0 amide bonds. The van der Waals surface area contributed by atoms with Crippen LogP contribution in [0.25, 0.3) is 0 Å². The highest BCUT2D eigenvalue weighted by atomic mass is 32.2. The van der Waals surface area contributed by atoms with Gasteiger partial charge in [-0.1, -0.05) is 32.0 Å². The van der Waals surface area contributed by atoms with Gasteiger partial charge in [0.05, 0.1) is 17.2 Å². The Kier molecular flexibility index (Phi) is 7.29. The molecule has 0 saturated carbocycles. The number of nitrogens with one attached hydrogen (secondary N) is 1. The van der Waals surface area contributed by atoms with Crippen LogP contribution in [0.2, 0.25) is 0 Å². The Bertz CT molecular complexity index is 657. The molecule has 25 heavy (non-hydrogen) atoms. The molecule has 0 aliphatic carbocycles. The van der Waals surface area contributed by atoms with Crippen LogP contribution in [-0.2, 0) is 9.84 Å². The molecule has 6 heteroatoms. The average molecular weight is 366 g/mol. The van der Waals surface area contributed by atoms with E-state index < -0.39 is 9.84 Å². The molecule has 140 valence electrons. The number of likely N-dealkylation sites (tertiary alicyclic amines) is 1. The van der Waals surface area contributed by atoms with E-state index >= 15 is 0 Å². The molecule has 1 aromatic rings. The van der Waals surface area contributed by atoms with Gasteiger partial charge in [0, 0.05) is 19.6 Å². The third kappa shape index (κ3) is 6.03. The number of hydrogen-bond acceptors (Lipinski definition) is 3. The van der Waals surface area contributed by atoms with Crippen LogP contribution in [0.3, 0.4) is 0 Å². The molecular weight excluding hydrogens is 334 g/mol. The zero-order valence-corrected chi connectivity index (χ0v) is 16.4. The van der Waals surface area contributed by atoms with E-state index in [1.807, 2.05) is 13.0 Å². The number of sulfone groups is 1. The van der Waals surface area contributed by atoms with Gasteiger partial charge in [0.25, 0.3) is 0 Å². The van der Waals surface area contributed by atoms with Crippen molar-refractivity contribution in [1.82, 2.24) is 10.2 Å². The van der Waals surface area contributed by atoms with Gasteiger partial charge in [-0.15, -0.1) is 0 Å². The second kappa shape index (κ2) is 9.22. The van der Waals surface area contributed by atoms with Crippen molar-refractivity contribution in [3.05, 3.63) is 30.3 Å². The van der Waals surface area contributed by atoms with E-state index in [9.17, 15) is 8.42 Å². The van der Waals surface area contributed by atoms with Crippen molar-refractivity contribution in [1.29, 1.82) is 0 Å². The molecule has 1 N–H and O–H groups in total. The summed E-state index contributed by atoms with van der Waals surface area (Å²) in [7, 11) is -3.27. The summed E-state index contributed by atoms with van der Waals surface area (Å²) in [6, 6.07) is 8.60. The molecule has 1 aliphatic heterocycles. The first kappa shape index (κ1) is 19.8. The third-order valence-electron chi connectivity index (χ3n) is 4.45. The Morgan fingerprint density at radius 3 is 2.68 bits per heavy atom. The molecule has 5 nitrogen and oxygen atoms in total. The summed E-state index contributed by atoms with van der Waals surface area (Å²) < 4.78 is 24.7. The van der Waals surface area contributed by atoms with E-state index in [2.05, 4.69) is 29.1 Å². The predicted molar refractivity (Wildman–Crippen MR) is 104 cm³/mol. The predicted octanol–water partition coefficient (Wildman–Crippen LogP) is 2.79. The fraction of sp³-hybridized carbons (Fsp3) is 0.632. The quantitative estimate of drug-likeness (QED) is 0.596. The summed E-state index contributed by atoms with van der Waals surface area (Å²) in [4.78, 5) is 7.21. The molecule has 0 aromatic heterocycles. The molecule has 1 heterocycles. The maximum Gasteiger partial charge on any atom is 0.193 e. The summed E-state index contributed by atoms with van der Waals surface area (Å²) >= 11 is 0. The minimum atomic E-state index is -3.27. The van der Waals surface area contributed by atoms with E-state index in [1.165, 1.54) is 12.8 Å². The number of benzene rings is 1. The largest absolute Gasteiger partial charge is 0.357 e. The van der Waals surface area contributed by atoms with Crippen LogP contribution in [0.5, 0.6) is 0 Å². The van der Waals surface area contributed by atoms with Crippen LogP contribution < -0.4 is 5.32 Å². The van der Waals surface area contributed by atoms with Crippen molar-refractivity contribution in [2.45, 2.75) is 38.5 Å². The van der Waals surface area contributed by atoms with Gasteiger partial charge in [0.1, 0.15) is 0 Å². The Labute approximate surface area is 152 Å². The highest BCUT2D eigenvalue weighted by molar-refractivity contribution is 7.91. The summed E-state index contributed by atoms with van der Waals surface area (Å²) in [6.07, 6.45) is 2.42. The molecule has 1 fully saturated rings. The number of hydrogen-bond donors (Lipinski definition) is 1. The Morgan fingerprint density at radius 1 is 1.32 bits per heavy atom. The van der Waals surface area contributed by atoms with Gasteiger partial charge < -0.3 is 10.2 Å². The van der Waals surface area contributed by atoms with E-state index in [-0.39, 0.29) is 12.3 Å². The lowest BCUT2D eigenvalue weighted by Gasteiger charge is -2.22. The van der Waals surface area contributed by atoms with Gasteiger partial charge in [0.2, 0.25) is 0 Å². The minimum absolute atomic E-state index is 0.0369. The van der Waals surface area contributed by atoms with Crippen LogP contribution >= 0.6 is 0 Å². The number of aliphatic imine (C=N–C) groups is 1. The molecule has 0 radical (unpaired) electrons. The normalized spacial score (nSPS) is 18.8. The highest BCUT2D eigenvalue weighted by Gasteiger charge is 2.25. The fourth-order valence-corrected chi connectivity index (χ4v) is 4.47. The lowest BCUT2D eigenvalue weighted by atomic mass is 9.97. The Hall–Kier alpha value is -1.56. The molecule has 0 bridgehead atoms. The van der Waals surface area contributed by atoms with Crippen molar-refractivity contribution >= 4 is 15.8 Å². The third-order valence-corrected chi connectivity index (χ3v) is 6.16. The van der Waals surface area contributed by atoms with E-state index in [1.54, 1.807) is 24.3 Å². The summed E-state index contributed by atoms with van der Waals surface area (Å²) in [5, 5.41) is 3.31. The van der Waals surface area contributed by atoms with Crippen molar-refractivity contribution in [2.75, 3.05) is 31.9 Å². The van der Waals surface area contributed by atoms with Gasteiger partial charge in [-0.05, 0) is 43.7 Å². The van der Waals surface area contributed by atoms with E-state index in [0.29, 0.717) is 16.7 Å². The SMILES string of the molecule is CCNC(=NCCS(=O)(=O)c1ccccc1)N1CCC(CC(C)C)C1. The van der Waals surface area contributed by atoms with Gasteiger partial charge in [-0.25, -0.2) is 8.42 Å². The fourth-order valence-electron chi connectivity index (χ4n) is 3.33. The molecule has 1 aromatic carbocycles. The zero-order valence-electron chi connectivity index (χ0n) is 15.6. The minimum Gasteiger partial charge on any atom is -0.357 e. The molecule has 2 rings (SSSR count). The van der Waals surface area contributed by atoms with Crippen molar-refractivity contribution < 1.29 is 8.42 Å². The monoisotopic (exact) mass is 365 g/mol. The lowest BCUT2D eigenvalue weighted by molar-refractivity contribution is 0.404. The summed E-state index contributed by atoms with van der Waals surface area (Å²) in [6.45, 7) is 9.63. The summed E-state index contributed by atoms with van der Waals surface area (Å²) in [5.41, 5.74) is 0. The maximum absolute atomic E-state index is 12.4. The van der Waals surface area contributed by atoms with Gasteiger partial charge in [0.15, 0.2) is 15.8 Å². The second-order valence-corrected chi connectivity index (χ2v) is 9.21. The Morgan fingerprint density at radius 2 is 2.04 bits per heavy atom. The lowest BCUT2D eigenvalue weighted by Crippen LogP contribution is -2.40. The molecule has 1 atom stereocenters. The highest BCUT2D eigenvalue weighted by Crippen LogP contribution is 2.23. The maximum atomic E-state index is 12.4. The van der Waals surface area contributed by atoms with Crippen LogP contribution in [0.1, 0.15) is 33.6 Å². The molecule has 0 spiro atoms. The van der Waals surface area contributed by atoms with Crippen LogP contribution in [-0.4, -0.2) is 51.2 Å². The zero-order chi connectivity index (χ0) is 18.3. The molecule has 1 saturated heterocycles. The molecule has 1 unspecified atom stereocenters. The van der Waals surface area contributed by atoms with Crippen LogP contribution in [0.4, 0.5) is 0 Å². The first-order chi connectivity index (χ1) is 11.9. The molecule has 1 aliphatic rings.